The van der Waals surface area contributed by atoms with Gasteiger partial charge in [-0.25, -0.2) is 0 Å². The van der Waals surface area contributed by atoms with E-state index in [0.717, 1.165) is 57.0 Å². The number of amides is 1. The highest BCUT2D eigenvalue weighted by atomic mass is 16.5. The minimum atomic E-state index is 0.0743. The second kappa shape index (κ2) is 11.0. The van der Waals surface area contributed by atoms with Gasteiger partial charge in [0.2, 0.25) is 5.91 Å². The minimum Gasteiger partial charge on any atom is -0.377 e. The first kappa shape index (κ1) is 24.2. The zero-order chi connectivity index (χ0) is 22.7. The van der Waals surface area contributed by atoms with Gasteiger partial charge in [0.15, 0.2) is 0 Å². The number of nitrogens with zero attached hydrogens (tertiary/aromatic N) is 2. The molecule has 4 fully saturated rings. The summed E-state index contributed by atoms with van der Waals surface area (Å²) in [5.74, 6) is 3.93. The first-order valence-corrected chi connectivity index (χ1v) is 13.5. The maximum Gasteiger partial charge on any atom is 0.225 e. The molecule has 182 valence electrons. The molecule has 3 saturated carbocycles. The Hall–Kier alpha value is -0.940. The zero-order valence-electron chi connectivity index (χ0n) is 20.8. The van der Waals surface area contributed by atoms with Gasteiger partial charge in [0.25, 0.3) is 0 Å². The second-order valence-electron chi connectivity index (χ2n) is 11.7. The van der Waals surface area contributed by atoms with Crippen LogP contribution in [0, 0.1) is 35.5 Å². The Morgan fingerprint density at radius 2 is 1.50 bits per heavy atom. The van der Waals surface area contributed by atoms with Crippen molar-refractivity contribution in [3.05, 3.63) is 0 Å². The van der Waals surface area contributed by atoms with E-state index in [2.05, 4.69) is 4.90 Å². The van der Waals surface area contributed by atoms with Gasteiger partial charge < -0.3 is 14.5 Å². The molecule has 5 heteroatoms. The number of likely N-dealkylation sites (tertiary alicyclic amines) is 1. The monoisotopic (exact) mass is 446 g/mol. The fourth-order valence-corrected chi connectivity index (χ4v) is 7.24. The molecule has 0 N–H and O–H groups in total. The van der Waals surface area contributed by atoms with Gasteiger partial charge in [-0.15, -0.1) is 0 Å². The summed E-state index contributed by atoms with van der Waals surface area (Å²) in [6, 6.07) is 0. The summed E-state index contributed by atoms with van der Waals surface area (Å²) in [5.41, 5.74) is 0. The van der Waals surface area contributed by atoms with Gasteiger partial charge in [-0.05, 0) is 88.4 Å². The van der Waals surface area contributed by atoms with Crippen LogP contribution >= 0.6 is 0 Å². The average molecular weight is 447 g/mol. The van der Waals surface area contributed by atoms with Gasteiger partial charge in [0, 0.05) is 52.2 Å². The molecule has 0 spiro atoms. The lowest BCUT2D eigenvalue weighted by molar-refractivity contribution is -0.135. The van der Waals surface area contributed by atoms with E-state index >= 15 is 0 Å². The standard InChI is InChI=1S/C27H46N2O3/c1-19(30)25-14-21(15-29-16-23-6-4-5-7-24(23)17-29)10-13-26(25)32-18-20-8-11-22(12-9-20)27(31)28(2)3/h20-26H,4-18H2,1-3H3. The highest BCUT2D eigenvalue weighted by molar-refractivity contribution is 5.79. The predicted molar refractivity (Wildman–Crippen MR) is 127 cm³/mol. The van der Waals surface area contributed by atoms with Crippen molar-refractivity contribution in [2.45, 2.75) is 83.7 Å². The highest BCUT2D eigenvalue weighted by Gasteiger charge is 2.39. The SMILES string of the molecule is CC(=O)C1CC(CN2CC3CCCCC3C2)CCC1OCC1CCC(C(=O)N(C)C)CC1. The van der Waals surface area contributed by atoms with Crippen LogP contribution in [-0.4, -0.2) is 67.9 Å². The summed E-state index contributed by atoms with van der Waals surface area (Å²) in [5, 5.41) is 0. The third-order valence-electron chi connectivity index (χ3n) is 9.17. The van der Waals surface area contributed by atoms with Crippen molar-refractivity contribution >= 4 is 11.7 Å². The van der Waals surface area contributed by atoms with Crippen molar-refractivity contribution in [2.24, 2.45) is 35.5 Å². The molecular formula is C27H46N2O3. The number of ketones is 1. The van der Waals surface area contributed by atoms with Gasteiger partial charge in [0.1, 0.15) is 5.78 Å². The molecule has 3 aliphatic carbocycles. The number of hydrogen-bond acceptors (Lipinski definition) is 4. The van der Waals surface area contributed by atoms with Crippen LogP contribution in [-0.2, 0) is 14.3 Å². The molecule has 0 aromatic rings. The van der Waals surface area contributed by atoms with Crippen LogP contribution in [0.15, 0.2) is 0 Å². The van der Waals surface area contributed by atoms with Gasteiger partial charge >= 0.3 is 0 Å². The maximum absolute atomic E-state index is 12.5. The Morgan fingerprint density at radius 3 is 2.09 bits per heavy atom. The lowest BCUT2D eigenvalue weighted by Crippen LogP contribution is -2.40. The molecule has 4 rings (SSSR count). The molecule has 5 nitrogen and oxygen atoms in total. The number of Topliss-reactive ketones (excluding diaryl/α,β-unsaturated/α-hetero) is 1. The maximum atomic E-state index is 12.5. The van der Waals surface area contributed by atoms with Crippen LogP contribution in [0.5, 0.6) is 0 Å². The number of rotatable bonds is 7. The van der Waals surface area contributed by atoms with E-state index in [-0.39, 0.29) is 23.8 Å². The molecular weight excluding hydrogens is 400 g/mol. The first-order valence-electron chi connectivity index (χ1n) is 13.5. The molecule has 0 radical (unpaired) electrons. The van der Waals surface area contributed by atoms with E-state index in [0.29, 0.717) is 17.6 Å². The molecule has 5 unspecified atom stereocenters. The van der Waals surface area contributed by atoms with Crippen molar-refractivity contribution in [3.63, 3.8) is 0 Å². The normalized spacial score (nSPS) is 38.3. The summed E-state index contributed by atoms with van der Waals surface area (Å²) in [7, 11) is 3.71. The van der Waals surface area contributed by atoms with Crippen LogP contribution in [0.1, 0.15) is 77.6 Å². The smallest absolute Gasteiger partial charge is 0.225 e. The van der Waals surface area contributed by atoms with Crippen molar-refractivity contribution in [3.8, 4) is 0 Å². The molecule has 1 saturated heterocycles. The number of fused-ring (bicyclic) bond motifs is 1. The van der Waals surface area contributed by atoms with Crippen molar-refractivity contribution < 1.29 is 14.3 Å². The molecule has 4 aliphatic rings. The van der Waals surface area contributed by atoms with Crippen molar-refractivity contribution in [1.29, 1.82) is 0 Å². The number of hydrogen-bond donors (Lipinski definition) is 0. The van der Waals surface area contributed by atoms with Crippen LogP contribution in [0.4, 0.5) is 0 Å². The minimum absolute atomic E-state index is 0.0743. The van der Waals surface area contributed by atoms with Crippen LogP contribution in [0.25, 0.3) is 0 Å². The second-order valence-corrected chi connectivity index (χ2v) is 11.7. The molecule has 1 aliphatic heterocycles. The molecule has 1 amide bonds. The third-order valence-corrected chi connectivity index (χ3v) is 9.17. The van der Waals surface area contributed by atoms with Crippen LogP contribution in [0.3, 0.4) is 0 Å². The number of carbonyl (C=O) groups is 2. The number of carbonyl (C=O) groups excluding carboxylic acids is 2. The van der Waals surface area contributed by atoms with Gasteiger partial charge in [-0.3, -0.25) is 9.59 Å². The molecule has 1 heterocycles. The molecule has 5 atom stereocenters. The molecule has 0 aromatic heterocycles. The zero-order valence-corrected chi connectivity index (χ0v) is 20.8. The molecule has 32 heavy (non-hydrogen) atoms. The first-order chi connectivity index (χ1) is 15.4. The number of ether oxygens (including phenoxy) is 1. The molecule has 0 bridgehead atoms. The Kier molecular flexibility index (Phi) is 8.31. The van der Waals surface area contributed by atoms with Crippen molar-refractivity contribution in [2.75, 3.05) is 40.3 Å². The third kappa shape index (κ3) is 5.94. The molecule has 0 aromatic carbocycles. The van der Waals surface area contributed by atoms with Crippen LogP contribution < -0.4 is 0 Å². The summed E-state index contributed by atoms with van der Waals surface area (Å²) in [6.07, 6.45) is 13.2. The fourth-order valence-electron chi connectivity index (χ4n) is 7.24. The fraction of sp³-hybridized carbons (Fsp3) is 0.926. The Labute approximate surface area is 195 Å². The van der Waals surface area contributed by atoms with Gasteiger partial charge in [-0.2, -0.15) is 0 Å². The summed E-state index contributed by atoms with van der Waals surface area (Å²) < 4.78 is 6.41. The van der Waals surface area contributed by atoms with Crippen LogP contribution in [0.2, 0.25) is 0 Å². The largest absolute Gasteiger partial charge is 0.377 e. The van der Waals surface area contributed by atoms with E-state index in [4.69, 9.17) is 4.74 Å². The van der Waals surface area contributed by atoms with E-state index in [1.807, 2.05) is 14.1 Å². The lowest BCUT2D eigenvalue weighted by Gasteiger charge is -2.37. The summed E-state index contributed by atoms with van der Waals surface area (Å²) in [6.45, 7) is 6.31. The summed E-state index contributed by atoms with van der Waals surface area (Å²) in [4.78, 5) is 29.2. The average Bonchev–Trinajstić information content (AvgIpc) is 3.20. The lowest BCUT2D eigenvalue weighted by atomic mass is 9.77. The van der Waals surface area contributed by atoms with E-state index in [9.17, 15) is 9.59 Å². The Bertz CT molecular complexity index is 629. The van der Waals surface area contributed by atoms with E-state index in [1.54, 1.807) is 11.8 Å². The highest BCUT2D eigenvalue weighted by Crippen LogP contribution is 2.39. The van der Waals surface area contributed by atoms with E-state index in [1.165, 1.54) is 51.7 Å². The summed E-state index contributed by atoms with van der Waals surface area (Å²) >= 11 is 0. The Morgan fingerprint density at radius 1 is 0.875 bits per heavy atom. The van der Waals surface area contributed by atoms with Crippen molar-refractivity contribution in [1.82, 2.24) is 9.80 Å². The van der Waals surface area contributed by atoms with E-state index < -0.39 is 0 Å². The topological polar surface area (TPSA) is 49.9 Å². The quantitative estimate of drug-likeness (QED) is 0.582. The van der Waals surface area contributed by atoms with Gasteiger partial charge in [0.05, 0.1) is 6.10 Å². The van der Waals surface area contributed by atoms with Gasteiger partial charge in [-0.1, -0.05) is 12.8 Å². The predicted octanol–water partition coefficient (Wildman–Crippen LogP) is 4.39. The Balaban J connectivity index is 1.21.